The molecule has 0 radical (unpaired) electrons. The monoisotopic (exact) mass is 531 g/mol. The first-order valence-electron chi connectivity index (χ1n) is 11.3. The second kappa shape index (κ2) is 11.0. The van der Waals surface area contributed by atoms with Gasteiger partial charge in [-0.1, -0.05) is 47.0 Å². The number of hydrogen-bond donors (Lipinski definition) is 1. The molecule has 1 fully saturated rings. The van der Waals surface area contributed by atoms with Crippen molar-refractivity contribution in [3.05, 3.63) is 68.5 Å². The lowest BCUT2D eigenvalue weighted by Crippen LogP contribution is -2.48. The van der Waals surface area contributed by atoms with E-state index in [0.717, 1.165) is 54.1 Å². The maximum atomic E-state index is 12.9. The van der Waals surface area contributed by atoms with E-state index in [-0.39, 0.29) is 12.5 Å². The minimum Gasteiger partial charge on any atom is -0.465 e. The molecule has 0 aliphatic carbocycles. The zero-order valence-electron chi connectivity index (χ0n) is 19.9. The van der Waals surface area contributed by atoms with E-state index in [1.54, 1.807) is 6.07 Å². The number of carbonyl (C=O) groups excluding carboxylic acids is 2. The van der Waals surface area contributed by atoms with Crippen LogP contribution < -0.4 is 10.2 Å². The van der Waals surface area contributed by atoms with Crippen molar-refractivity contribution in [3.63, 3.8) is 0 Å². The van der Waals surface area contributed by atoms with Crippen molar-refractivity contribution in [2.75, 3.05) is 50.1 Å². The molecule has 1 aliphatic heterocycles. The van der Waals surface area contributed by atoms with E-state index in [1.807, 2.05) is 49.6 Å². The highest BCUT2D eigenvalue weighted by Crippen LogP contribution is 2.38. The summed E-state index contributed by atoms with van der Waals surface area (Å²) in [7, 11) is 1.35. The van der Waals surface area contributed by atoms with Crippen molar-refractivity contribution in [3.8, 4) is 11.1 Å². The molecule has 9 heteroatoms. The third-order valence-corrected chi connectivity index (χ3v) is 7.76. The molecule has 0 saturated carbocycles. The smallest absolute Gasteiger partial charge is 0.341 e. The Morgan fingerprint density at radius 2 is 1.74 bits per heavy atom. The first-order chi connectivity index (χ1) is 16.8. The molecule has 1 N–H and O–H groups in total. The minimum absolute atomic E-state index is 0.160. The molecule has 3 aromatic rings. The highest BCUT2D eigenvalue weighted by atomic mass is 35.5. The van der Waals surface area contributed by atoms with Crippen LogP contribution in [0.15, 0.2) is 41.8 Å². The summed E-state index contributed by atoms with van der Waals surface area (Å²) in [6.07, 6.45) is 0. The molecule has 1 aromatic heterocycles. The molecule has 4 rings (SSSR count). The number of hydrogen-bond acceptors (Lipinski definition) is 6. The number of amides is 1. The Hall–Kier alpha value is -2.58. The maximum absolute atomic E-state index is 12.9. The first kappa shape index (κ1) is 25.5. The normalized spacial score (nSPS) is 14.1. The van der Waals surface area contributed by atoms with Crippen LogP contribution >= 0.6 is 34.5 Å². The topological polar surface area (TPSA) is 61.9 Å². The number of ether oxygens (including phenoxy) is 1. The first-order valence-corrected chi connectivity index (χ1v) is 12.9. The van der Waals surface area contributed by atoms with E-state index in [9.17, 15) is 9.59 Å². The van der Waals surface area contributed by atoms with Gasteiger partial charge in [-0.2, -0.15) is 0 Å². The van der Waals surface area contributed by atoms with Crippen LogP contribution in [0.2, 0.25) is 10.0 Å². The number of benzene rings is 2. The van der Waals surface area contributed by atoms with Crippen LogP contribution in [0.5, 0.6) is 0 Å². The van der Waals surface area contributed by atoms with Gasteiger partial charge in [-0.3, -0.25) is 9.69 Å². The fraction of sp³-hybridized carbons (Fsp3) is 0.308. The molecule has 1 amide bonds. The van der Waals surface area contributed by atoms with E-state index in [0.29, 0.717) is 20.6 Å². The number of anilines is 2. The Kier molecular flexibility index (Phi) is 8.02. The summed E-state index contributed by atoms with van der Waals surface area (Å²) in [4.78, 5) is 29.9. The molecular formula is C26H27Cl2N3O3S. The zero-order chi connectivity index (χ0) is 25.1. The Morgan fingerprint density at radius 3 is 2.43 bits per heavy atom. The van der Waals surface area contributed by atoms with Gasteiger partial charge in [0.2, 0.25) is 5.91 Å². The van der Waals surface area contributed by atoms with Gasteiger partial charge in [0.15, 0.2) is 0 Å². The fourth-order valence-electron chi connectivity index (χ4n) is 4.19. The standard InChI is InChI=1S/C26H27Cl2N3O3S/c1-16-4-5-17(2)19(12-16)20-15-35-25(24(20)26(33)34-3)29-23(32)14-30-8-10-31(11-9-30)18-6-7-21(27)22(28)13-18/h4-7,12-13,15H,8-11,14H2,1-3H3,(H,29,32). The molecule has 184 valence electrons. The van der Waals surface area contributed by atoms with Crippen LogP contribution in [0.25, 0.3) is 11.1 Å². The van der Waals surface area contributed by atoms with Gasteiger partial charge in [-0.05, 0) is 43.2 Å². The minimum atomic E-state index is -0.465. The largest absolute Gasteiger partial charge is 0.465 e. The Labute approximate surface area is 219 Å². The van der Waals surface area contributed by atoms with E-state index < -0.39 is 5.97 Å². The predicted octanol–water partition coefficient (Wildman–Crippen LogP) is 5.89. The number of carbonyl (C=O) groups is 2. The molecule has 2 aromatic carbocycles. The summed E-state index contributed by atoms with van der Waals surface area (Å²) in [6.45, 7) is 7.27. The molecule has 2 heterocycles. The van der Waals surface area contributed by atoms with Gasteiger partial charge < -0.3 is 15.0 Å². The second-order valence-corrected chi connectivity index (χ2v) is 10.3. The van der Waals surface area contributed by atoms with E-state index >= 15 is 0 Å². The highest BCUT2D eigenvalue weighted by Gasteiger charge is 2.25. The molecule has 0 unspecified atom stereocenters. The third kappa shape index (κ3) is 5.81. The number of rotatable bonds is 6. The summed E-state index contributed by atoms with van der Waals surface area (Å²) >= 11 is 13.5. The molecule has 0 atom stereocenters. The van der Waals surface area contributed by atoms with Crippen LogP contribution in [0.3, 0.4) is 0 Å². The van der Waals surface area contributed by atoms with Gasteiger partial charge in [0.25, 0.3) is 0 Å². The number of methoxy groups -OCH3 is 1. The van der Waals surface area contributed by atoms with Gasteiger partial charge in [-0.15, -0.1) is 11.3 Å². The van der Waals surface area contributed by atoms with Gasteiger partial charge in [-0.25, -0.2) is 4.79 Å². The third-order valence-electron chi connectivity index (χ3n) is 6.12. The Balaban J connectivity index is 1.43. The average molecular weight is 532 g/mol. The number of nitrogens with one attached hydrogen (secondary N) is 1. The Morgan fingerprint density at radius 1 is 1.00 bits per heavy atom. The lowest BCUT2D eigenvalue weighted by Gasteiger charge is -2.35. The average Bonchev–Trinajstić information content (AvgIpc) is 3.25. The predicted molar refractivity (Wildman–Crippen MR) is 144 cm³/mol. The maximum Gasteiger partial charge on any atom is 0.341 e. The van der Waals surface area contributed by atoms with Crippen LogP contribution in [0.4, 0.5) is 10.7 Å². The van der Waals surface area contributed by atoms with Crippen LogP contribution in [-0.4, -0.2) is 56.6 Å². The lowest BCUT2D eigenvalue weighted by atomic mass is 9.97. The summed E-state index contributed by atoms with van der Waals surface area (Å²) in [5.74, 6) is -0.625. The van der Waals surface area contributed by atoms with Crippen molar-refractivity contribution >= 4 is 57.1 Å². The van der Waals surface area contributed by atoms with E-state index in [1.165, 1.54) is 18.4 Å². The van der Waals surface area contributed by atoms with Crippen LogP contribution in [0, 0.1) is 13.8 Å². The zero-order valence-corrected chi connectivity index (χ0v) is 22.2. The van der Waals surface area contributed by atoms with Crippen molar-refractivity contribution in [1.29, 1.82) is 0 Å². The number of piperazine rings is 1. The second-order valence-electron chi connectivity index (χ2n) is 8.57. The van der Waals surface area contributed by atoms with Crippen molar-refractivity contribution in [2.24, 2.45) is 0 Å². The van der Waals surface area contributed by atoms with Crippen molar-refractivity contribution in [1.82, 2.24) is 4.90 Å². The summed E-state index contributed by atoms with van der Waals surface area (Å²) in [6, 6.07) is 11.7. The van der Waals surface area contributed by atoms with Crippen LogP contribution in [-0.2, 0) is 9.53 Å². The summed E-state index contributed by atoms with van der Waals surface area (Å²) in [5, 5.41) is 6.42. The molecule has 0 bridgehead atoms. The summed E-state index contributed by atoms with van der Waals surface area (Å²) in [5.41, 5.74) is 5.29. The number of aryl methyl sites for hydroxylation is 2. The summed E-state index contributed by atoms with van der Waals surface area (Å²) < 4.78 is 5.05. The number of thiophene rings is 1. The van der Waals surface area contributed by atoms with E-state index in [2.05, 4.69) is 15.1 Å². The van der Waals surface area contributed by atoms with Gasteiger partial charge >= 0.3 is 5.97 Å². The molecule has 35 heavy (non-hydrogen) atoms. The van der Waals surface area contributed by atoms with Gasteiger partial charge in [0.05, 0.1) is 23.7 Å². The van der Waals surface area contributed by atoms with E-state index in [4.69, 9.17) is 27.9 Å². The number of halogens is 2. The van der Waals surface area contributed by atoms with Crippen LogP contribution in [0.1, 0.15) is 21.5 Å². The number of nitrogens with zero attached hydrogens (tertiary/aromatic N) is 2. The highest BCUT2D eigenvalue weighted by molar-refractivity contribution is 7.15. The molecule has 0 spiro atoms. The van der Waals surface area contributed by atoms with Crippen molar-refractivity contribution in [2.45, 2.75) is 13.8 Å². The van der Waals surface area contributed by atoms with Gasteiger partial charge in [0.1, 0.15) is 10.6 Å². The number of esters is 1. The molecule has 6 nitrogen and oxygen atoms in total. The molecule has 1 aliphatic rings. The molecule has 1 saturated heterocycles. The SMILES string of the molecule is COC(=O)c1c(-c2cc(C)ccc2C)csc1NC(=O)CN1CCN(c2ccc(Cl)c(Cl)c2)CC1. The fourth-order valence-corrected chi connectivity index (χ4v) is 5.45. The van der Waals surface area contributed by atoms with Gasteiger partial charge in [0, 0.05) is 42.8 Å². The molecular weight excluding hydrogens is 505 g/mol. The Bertz CT molecular complexity index is 1250. The lowest BCUT2D eigenvalue weighted by molar-refractivity contribution is -0.117. The van der Waals surface area contributed by atoms with Crippen molar-refractivity contribution < 1.29 is 14.3 Å². The quantitative estimate of drug-likeness (QED) is 0.402.